The summed E-state index contributed by atoms with van der Waals surface area (Å²) < 4.78 is 0. The standard InChI is InChI=1S/C13H18N4O4S/c1-2-15-5-6-16-12(18)8-22-11-4-3-9(13(14)19)7-10(11)17(20)21/h3-4,7,15H,2,5-6,8H2,1H3,(H2,14,19)(H,16,18). The average molecular weight is 326 g/mol. The number of likely N-dealkylation sites (N-methyl/N-ethyl adjacent to an activating group) is 1. The first kappa shape index (κ1) is 17.9. The van der Waals surface area contributed by atoms with E-state index in [1.165, 1.54) is 12.1 Å². The molecule has 0 aliphatic heterocycles. The molecule has 9 heteroatoms. The van der Waals surface area contributed by atoms with Gasteiger partial charge < -0.3 is 16.4 Å². The molecular formula is C13H18N4O4S. The van der Waals surface area contributed by atoms with Crippen LogP contribution in [0.1, 0.15) is 17.3 Å². The molecule has 1 aromatic rings. The number of carbonyl (C=O) groups is 2. The Morgan fingerprint density at radius 3 is 2.68 bits per heavy atom. The third-order valence-corrected chi connectivity index (χ3v) is 3.74. The van der Waals surface area contributed by atoms with Gasteiger partial charge in [-0.25, -0.2) is 0 Å². The van der Waals surface area contributed by atoms with Crippen LogP contribution in [0.2, 0.25) is 0 Å². The Kier molecular flexibility index (Phi) is 7.33. The first-order valence-corrected chi connectivity index (χ1v) is 7.62. The van der Waals surface area contributed by atoms with Gasteiger partial charge in [-0.3, -0.25) is 19.7 Å². The highest BCUT2D eigenvalue weighted by molar-refractivity contribution is 8.00. The average Bonchev–Trinajstić information content (AvgIpc) is 2.49. The van der Waals surface area contributed by atoms with Gasteiger partial charge in [0, 0.05) is 24.7 Å². The molecule has 0 saturated carbocycles. The largest absolute Gasteiger partial charge is 0.366 e. The summed E-state index contributed by atoms with van der Waals surface area (Å²) in [7, 11) is 0. The Bertz CT molecular complexity index is 565. The summed E-state index contributed by atoms with van der Waals surface area (Å²) in [6.07, 6.45) is 0. The van der Waals surface area contributed by atoms with Crippen molar-refractivity contribution in [2.45, 2.75) is 11.8 Å². The molecule has 120 valence electrons. The Hall–Kier alpha value is -2.13. The van der Waals surface area contributed by atoms with Crippen molar-refractivity contribution in [1.29, 1.82) is 0 Å². The number of carbonyl (C=O) groups excluding carboxylic acids is 2. The molecule has 1 aromatic carbocycles. The molecule has 0 fully saturated rings. The van der Waals surface area contributed by atoms with Crippen molar-refractivity contribution in [3.05, 3.63) is 33.9 Å². The van der Waals surface area contributed by atoms with E-state index in [9.17, 15) is 19.7 Å². The van der Waals surface area contributed by atoms with Crippen molar-refractivity contribution in [1.82, 2.24) is 10.6 Å². The Labute approximate surface area is 132 Å². The summed E-state index contributed by atoms with van der Waals surface area (Å²) in [4.78, 5) is 33.4. The summed E-state index contributed by atoms with van der Waals surface area (Å²) in [6, 6.07) is 3.95. The molecule has 0 saturated heterocycles. The molecule has 0 atom stereocenters. The molecule has 0 aliphatic carbocycles. The number of benzene rings is 1. The lowest BCUT2D eigenvalue weighted by molar-refractivity contribution is -0.387. The minimum Gasteiger partial charge on any atom is -0.366 e. The van der Waals surface area contributed by atoms with Crippen LogP contribution < -0.4 is 16.4 Å². The first-order valence-electron chi connectivity index (χ1n) is 6.64. The summed E-state index contributed by atoms with van der Waals surface area (Å²) in [5.74, 6) is -0.889. The van der Waals surface area contributed by atoms with Crippen LogP contribution in [0, 0.1) is 10.1 Å². The van der Waals surface area contributed by atoms with Crippen LogP contribution in [0.5, 0.6) is 0 Å². The molecule has 4 N–H and O–H groups in total. The van der Waals surface area contributed by atoms with E-state index in [0.717, 1.165) is 24.4 Å². The lowest BCUT2D eigenvalue weighted by atomic mass is 10.2. The van der Waals surface area contributed by atoms with Crippen molar-refractivity contribution in [2.75, 3.05) is 25.4 Å². The normalized spacial score (nSPS) is 10.2. The molecule has 0 aliphatic rings. The predicted octanol–water partition coefficient (Wildman–Crippen LogP) is 0.512. The predicted molar refractivity (Wildman–Crippen MR) is 83.9 cm³/mol. The quantitative estimate of drug-likeness (QED) is 0.263. The summed E-state index contributed by atoms with van der Waals surface area (Å²) in [6.45, 7) is 3.95. The van der Waals surface area contributed by atoms with Crippen molar-refractivity contribution < 1.29 is 14.5 Å². The second-order valence-corrected chi connectivity index (χ2v) is 5.31. The van der Waals surface area contributed by atoms with Crippen molar-refractivity contribution in [2.24, 2.45) is 5.73 Å². The summed E-state index contributed by atoms with van der Waals surface area (Å²) >= 11 is 1.04. The van der Waals surface area contributed by atoms with E-state index < -0.39 is 10.8 Å². The third kappa shape index (κ3) is 5.70. The van der Waals surface area contributed by atoms with Crippen LogP contribution in [-0.2, 0) is 4.79 Å². The van der Waals surface area contributed by atoms with Gasteiger partial charge in [0.2, 0.25) is 11.8 Å². The number of nitrogens with zero attached hydrogens (tertiary/aromatic N) is 1. The monoisotopic (exact) mass is 326 g/mol. The van der Waals surface area contributed by atoms with E-state index in [1.807, 2.05) is 6.92 Å². The molecule has 22 heavy (non-hydrogen) atoms. The van der Waals surface area contributed by atoms with E-state index in [0.29, 0.717) is 18.0 Å². The maximum atomic E-state index is 11.6. The fraction of sp³-hybridized carbons (Fsp3) is 0.385. The SMILES string of the molecule is CCNCCNC(=O)CSc1ccc(C(N)=O)cc1[N+](=O)[O-]. The van der Waals surface area contributed by atoms with Gasteiger partial charge in [0.1, 0.15) is 0 Å². The molecule has 0 radical (unpaired) electrons. The Balaban J connectivity index is 2.63. The number of nitrogens with two attached hydrogens (primary N) is 1. The topological polar surface area (TPSA) is 127 Å². The zero-order valence-corrected chi connectivity index (χ0v) is 12.9. The maximum absolute atomic E-state index is 11.6. The smallest absolute Gasteiger partial charge is 0.283 e. The number of amides is 2. The molecule has 2 amide bonds. The summed E-state index contributed by atoms with van der Waals surface area (Å²) in [5, 5.41) is 16.8. The molecular weight excluding hydrogens is 308 g/mol. The van der Waals surface area contributed by atoms with Gasteiger partial charge in [0.25, 0.3) is 5.69 Å². The van der Waals surface area contributed by atoms with Crippen LogP contribution in [0.15, 0.2) is 23.1 Å². The molecule has 0 heterocycles. The molecule has 8 nitrogen and oxygen atoms in total. The van der Waals surface area contributed by atoms with Crippen LogP contribution in [0.3, 0.4) is 0 Å². The molecule has 1 rings (SSSR count). The van der Waals surface area contributed by atoms with Gasteiger partial charge >= 0.3 is 0 Å². The van der Waals surface area contributed by atoms with Crippen LogP contribution >= 0.6 is 11.8 Å². The molecule has 0 unspecified atom stereocenters. The number of thioether (sulfide) groups is 1. The second kappa shape index (κ2) is 9.00. The minimum atomic E-state index is -0.735. The number of nitrogens with one attached hydrogen (secondary N) is 2. The van der Waals surface area contributed by atoms with Crippen molar-refractivity contribution >= 4 is 29.3 Å². The van der Waals surface area contributed by atoms with Gasteiger partial charge in [-0.15, -0.1) is 11.8 Å². The summed E-state index contributed by atoms with van der Waals surface area (Å²) in [5.41, 5.74) is 4.92. The van der Waals surface area contributed by atoms with E-state index >= 15 is 0 Å². The maximum Gasteiger partial charge on any atom is 0.283 e. The molecule has 0 spiro atoms. The fourth-order valence-corrected chi connectivity index (χ4v) is 2.43. The molecule has 0 bridgehead atoms. The zero-order valence-electron chi connectivity index (χ0n) is 12.1. The van der Waals surface area contributed by atoms with Gasteiger partial charge in [0.05, 0.1) is 15.6 Å². The van der Waals surface area contributed by atoms with Crippen molar-refractivity contribution in [3.63, 3.8) is 0 Å². The van der Waals surface area contributed by atoms with E-state index in [4.69, 9.17) is 5.73 Å². The van der Waals surface area contributed by atoms with E-state index in [1.54, 1.807) is 0 Å². The number of hydrogen-bond acceptors (Lipinski definition) is 6. The van der Waals surface area contributed by atoms with Crippen LogP contribution in [-0.4, -0.2) is 42.1 Å². The highest BCUT2D eigenvalue weighted by atomic mass is 32.2. The van der Waals surface area contributed by atoms with Crippen LogP contribution in [0.4, 0.5) is 5.69 Å². The van der Waals surface area contributed by atoms with Gasteiger partial charge in [0.15, 0.2) is 0 Å². The third-order valence-electron chi connectivity index (χ3n) is 2.67. The van der Waals surface area contributed by atoms with Crippen LogP contribution in [0.25, 0.3) is 0 Å². The lowest BCUT2D eigenvalue weighted by Crippen LogP contribution is -2.32. The zero-order chi connectivity index (χ0) is 16.5. The number of primary amides is 1. The van der Waals surface area contributed by atoms with Gasteiger partial charge in [-0.1, -0.05) is 6.92 Å². The van der Waals surface area contributed by atoms with E-state index in [-0.39, 0.29) is 22.9 Å². The number of nitro benzene ring substituents is 1. The van der Waals surface area contributed by atoms with E-state index in [2.05, 4.69) is 10.6 Å². The van der Waals surface area contributed by atoms with Gasteiger partial charge in [-0.05, 0) is 18.7 Å². The highest BCUT2D eigenvalue weighted by Gasteiger charge is 2.17. The second-order valence-electron chi connectivity index (χ2n) is 4.30. The Morgan fingerprint density at radius 1 is 1.36 bits per heavy atom. The Morgan fingerprint density at radius 2 is 2.09 bits per heavy atom. The minimum absolute atomic E-state index is 0.0584. The van der Waals surface area contributed by atoms with Gasteiger partial charge in [-0.2, -0.15) is 0 Å². The number of nitro groups is 1. The number of hydrogen-bond donors (Lipinski definition) is 3. The lowest BCUT2D eigenvalue weighted by Gasteiger charge is -2.06. The molecule has 0 aromatic heterocycles. The first-order chi connectivity index (χ1) is 10.5. The number of rotatable bonds is 9. The highest BCUT2D eigenvalue weighted by Crippen LogP contribution is 2.29. The van der Waals surface area contributed by atoms with Crippen molar-refractivity contribution in [3.8, 4) is 0 Å². The fourth-order valence-electron chi connectivity index (χ4n) is 1.60.